The van der Waals surface area contributed by atoms with Crippen molar-refractivity contribution in [2.24, 2.45) is 11.1 Å². The molecule has 2 aromatic carbocycles. The van der Waals surface area contributed by atoms with Gasteiger partial charge in [0.2, 0.25) is 11.5 Å². The largest absolute Gasteiger partial charge is 0.493 e. The zero-order valence-electron chi connectivity index (χ0n) is 27.1. The molecule has 1 aliphatic carbocycles. The van der Waals surface area contributed by atoms with Crippen LogP contribution in [0.5, 0.6) is 34.5 Å². The van der Waals surface area contributed by atoms with Gasteiger partial charge < -0.3 is 38.2 Å². The van der Waals surface area contributed by atoms with Gasteiger partial charge in [0, 0.05) is 6.54 Å². The number of likely N-dealkylation sites (N-methyl/N-ethyl adjacent to an activating group) is 1. The summed E-state index contributed by atoms with van der Waals surface area (Å²) >= 11 is 7.47. The molecule has 1 saturated carbocycles. The van der Waals surface area contributed by atoms with E-state index in [0.29, 0.717) is 47.0 Å². The number of hydrogen-bond donors (Lipinski definition) is 0. The normalized spacial score (nSPS) is 16.7. The summed E-state index contributed by atoms with van der Waals surface area (Å²) < 4.78 is 35.4. The monoisotopic (exact) mass is 738 g/mol. The summed E-state index contributed by atoms with van der Waals surface area (Å²) in [6.07, 6.45) is 5.81. The first-order valence-corrected chi connectivity index (χ1v) is 16.1. The molecule has 0 radical (unpaired) electrons. The standard InChI is InChI=1S/C33H44Br2N2O7/c1-10-37(11-2)12-13-44-36-29-23(16-21-18-25(38-4)30(40-6)32(42-8)27(21)34)14-20(3)15-24(29)17-22-19-26(39-5)31(41-7)33(43-9)28(22)35/h16-20H,10-15H2,1-9H3/b23-16+,24-17+,36-29?. The molecule has 3 rings (SSSR count). The van der Waals surface area contributed by atoms with Crippen molar-refractivity contribution in [2.75, 3.05) is 68.9 Å². The van der Waals surface area contributed by atoms with Crippen molar-refractivity contribution in [3.63, 3.8) is 0 Å². The topological polar surface area (TPSA) is 80.2 Å². The third-order valence-corrected chi connectivity index (χ3v) is 9.18. The van der Waals surface area contributed by atoms with Crippen LogP contribution in [-0.2, 0) is 4.84 Å². The molecule has 11 heteroatoms. The van der Waals surface area contributed by atoms with E-state index in [-0.39, 0.29) is 0 Å². The Hall–Kier alpha value is -2.89. The quantitative estimate of drug-likeness (QED) is 0.143. The van der Waals surface area contributed by atoms with E-state index in [9.17, 15) is 0 Å². The van der Waals surface area contributed by atoms with E-state index in [4.69, 9.17) is 38.4 Å². The van der Waals surface area contributed by atoms with Gasteiger partial charge in [-0.2, -0.15) is 0 Å². The van der Waals surface area contributed by atoms with Gasteiger partial charge in [-0.1, -0.05) is 25.9 Å². The third-order valence-electron chi connectivity index (χ3n) is 7.55. The summed E-state index contributed by atoms with van der Waals surface area (Å²) in [7, 11) is 9.61. The molecule has 44 heavy (non-hydrogen) atoms. The van der Waals surface area contributed by atoms with Crippen LogP contribution in [0.2, 0.25) is 0 Å². The lowest BCUT2D eigenvalue weighted by Crippen LogP contribution is -2.27. The van der Waals surface area contributed by atoms with Gasteiger partial charge in [-0.25, -0.2) is 0 Å². The Morgan fingerprint density at radius 1 is 0.727 bits per heavy atom. The van der Waals surface area contributed by atoms with Crippen LogP contribution in [0.1, 0.15) is 44.7 Å². The minimum atomic E-state index is 0.337. The van der Waals surface area contributed by atoms with Crippen molar-refractivity contribution in [2.45, 2.75) is 33.6 Å². The Morgan fingerprint density at radius 2 is 1.16 bits per heavy atom. The van der Waals surface area contributed by atoms with Crippen molar-refractivity contribution >= 4 is 49.7 Å². The van der Waals surface area contributed by atoms with Crippen molar-refractivity contribution in [3.05, 3.63) is 43.4 Å². The fourth-order valence-electron chi connectivity index (χ4n) is 5.28. The molecule has 0 spiro atoms. The van der Waals surface area contributed by atoms with Crippen molar-refractivity contribution in [3.8, 4) is 34.5 Å². The second-order valence-corrected chi connectivity index (χ2v) is 11.8. The molecule has 0 bridgehead atoms. The van der Waals surface area contributed by atoms with Crippen molar-refractivity contribution in [1.82, 2.24) is 4.90 Å². The molecule has 0 saturated heterocycles. The predicted octanol–water partition coefficient (Wildman–Crippen LogP) is 7.87. The van der Waals surface area contributed by atoms with Gasteiger partial charge in [0.05, 0.1) is 51.6 Å². The first-order chi connectivity index (χ1) is 21.2. The maximum absolute atomic E-state index is 5.99. The number of hydrogen-bond acceptors (Lipinski definition) is 9. The van der Waals surface area contributed by atoms with Crippen LogP contribution in [0, 0.1) is 5.92 Å². The van der Waals surface area contributed by atoms with Gasteiger partial charge in [-0.3, -0.25) is 0 Å². The van der Waals surface area contributed by atoms with Gasteiger partial charge in [0.25, 0.3) is 0 Å². The highest BCUT2D eigenvalue weighted by molar-refractivity contribution is 9.11. The molecule has 1 aliphatic rings. The summed E-state index contributed by atoms with van der Waals surface area (Å²) in [4.78, 5) is 8.30. The number of allylic oxidation sites excluding steroid dienone is 2. The molecule has 1 fully saturated rings. The van der Waals surface area contributed by atoms with E-state index >= 15 is 0 Å². The summed E-state index contributed by atoms with van der Waals surface area (Å²) in [5.74, 6) is 3.60. The second-order valence-electron chi connectivity index (χ2n) is 10.2. The molecule has 0 amide bonds. The number of ether oxygens (including phenoxy) is 6. The Morgan fingerprint density at radius 3 is 1.52 bits per heavy atom. The maximum atomic E-state index is 5.99. The molecule has 0 atom stereocenters. The Labute approximate surface area is 278 Å². The number of rotatable bonds is 14. The third kappa shape index (κ3) is 8.03. The molecule has 0 unspecified atom stereocenters. The smallest absolute Gasteiger partial charge is 0.204 e. The van der Waals surface area contributed by atoms with Crippen LogP contribution < -0.4 is 28.4 Å². The first kappa shape index (κ1) is 35.6. The number of halogens is 2. The average molecular weight is 741 g/mol. The second kappa shape index (κ2) is 17.0. The lowest BCUT2D eigenvalue weighted by Gasteiger charge is -2.26. The molecule has 0 heterocycles. The van der Waals surface area contributed by atoms with Crippen LogP contribution in [0.3, 0.4) is 0 Å². The molecule has 0 N–H and O–H groups in total. The Kier molecular flexibility index (Phi) is 13.7. The molecule has 9 nitrogen and oxygen atoms in total. The molecule has 0 aromatic heterocycles. The minimum Gasteiger partial charge on any atom is -0.493 e. The van der Waals surface area contributed by atoms with E-state index in [0.717, 1.165) is 69.4 Å². The molecular weight excluding hydrogens is 696 g/mol. The van der Waals surface area contributed by atoms with E-state index in [1.807, 2.05) is 12.1 Å². The van der Waals surface area contributed by atoms with Crippen LogP contribution >= 0.6 is 31.9 Å². The van der Waals surface area contributed by atoms with Gasteiger partial charge in [-0.05, 0) is 110 Å². The van der Waals surface area contributed by atoms with Gasteiger partial charge in [0.1, 0.15) is 12.3 Å². The molecular formula is C33H44Br2N2O7. The Balaban J connectivity index is 2.22. The van der Waals surface area contributed by atoms with Gasteiger partial charge in [-0.15, -0.1) is 0 Å². The van der Waals surface area contributed by atoms with Crippen molar-refractivity contribution in [1.29, 1.82) is 0 Å². The van der Waals surface area contributed by atoms with Crippen LogP contribution in [0.25, 0.3) is 12.2 Å². The highest BCUT2D eigenvalue weighted by atomic mass is 79.9. The van der Waals surface area contributed by atoms with Crippen LogP contribution in [0.4, 0.5) is 0 Å². The van der Waals surface area contributed by atoms with E-state index in [1.165, 1.54) is 0 Å². The van der Waals surface area contributed by atoms with Crippen LogP contribution in [0.15, 0.2) is 37.4 Å². The predicted molar refractivity (Wildman–Crippen MR) is 183 cm³/mol. The highest BCUT2D eigenvalue weighted by Gasteiger charge is 2.27. The SMILES string of the molecule is CCN(CC)CCON=C1/C(=C/c2cc(OC)c(OC)c(OC)c2Br)CC(C)C/C1=C\c1cc(OC)c(OC)c(OC)c1Br. The summed E-state index contributed by atoms with van der Waals surface area (Å²) in [6, 6.07) is 3.85. The summed E-state index contributed by atoms with van der Waals surface area (Å²) in [5, 5.41) is 4.76. The first-order valence-electron chi connectivity index (χ1n) is 14.5. The van der Waals surface area contributed by atoms with Gasteiger partial charge >= 0.3 is 0 Å². The summed E-state index contributed by atoms with van der Waals surface area (Å²) in [6.45, 7) is 9.68. The fourth-order valence-corrected chi connectivity index (χ4v) is 6.42. The lowest BCUT2D eigenvalue weighted by molar-refractivity contribution is 0.114. The van der Waals surface area contributed by atoms with E-state index in [1.54, 1.807) is 42.7 Å². The number of benzene rings is 2. The number of nitrogens with zero attached hydrogens (tertiary/aromatic N) is 2. The zero-order valence-corrected chi connectivity index (χ0v) is 30.3. The summed E-state index contributed by atoms with van der Waals surface area (Å²) in [5.41, 5.74) is 4.57. The highest BCUT2D eigenvalue weighted by Crippen LogP contribution is 2.48. The maximum Gasteiger partial charge on any atom is 0.204 e. The Bertz CT molecular complexity index is 1300. The van der Waals surface area contributed by atoms with E-state index in [2.05, 4.69) is 69.7 Å². The minimum absolute atomic E-state index is 0.337. The van der Waals surface area contributed by atoms with E-state index < -0.39 is 0 Å². The number of methoxy groups -OCH3 is 6. The lowest BCUT2D eigenvalue weighted by atomic mass is 9.80. The van der Waals surface area contributed by atoms with Gasteiger partial charge in [0.15, 0.2) is 23.0 Å². The molecule has 242 valence electrons. The van der Waals surface area contributed by atoms with Crippen LogP contribution in [-0.4, -0.2) is 79.5 Å². The fraction of sp³-hybridized carbons (Fsp3) is 0.485. The zero-order chi connectivity index (χ0) is 32.4. The molecule has 0 aliphatic heterocycles. The molecule has 2 aromatic rings. The van der Waals surface area contributed by atoms with Crippen molar-refractivity contribution < 1.29 is 33.3 Å². The average Bonchev–Trinajstić information content (AvgIpc) is 3.03. The number of oxime groups is 1.